The molecule has 1 aliphatic rings. The molecular formula is C21H18N4O4S. The van der Waals surface area contributed by atoms with Crippen LogP contribution in [0.2, 0.25) is 0 Å². The van der Waals surface area contributed by atoms with Gasteiger partial charge < -0.3 is 18.4 Å². The summed E-state index contributed by atoms with van der Waals surface area (Å²) in [4.78, 5) is 4.44. The van der Waals surface area contributed by atoms with Gasteiger partial charge >= 0.3 is 0 Å². The minimum absolute atomic E-state index is 0.313. The Morgan fingerprint density at radius 2 is 1.87 bits per heavy atom. The van der Waals surface area contributed by atoms with Crippen molar-refractivity contribution in [3.05, 3.63) is 65.9 Å². The smallest absolute Gasteiger partial charge is 0.277 e. The van der Waals surface area contributed by atoms with Gasteiger partial charge in [0, 0.05) is 5.56 Å². The first-order valence-electron chi connectivity index (χ1n) is 9.55. The third kappa shape index (κ3) is 3.88. The van der Waals surface area contributed by atoms with E-state index in [4.69, 9.17) is 18.4 Å². The van der Waals surface area contributed by atoms with Gasteiger partial charge in [0.05, 0.1) is 5.75 Å². The molecule has 0 saturated carbocycles. The van der Waals surface area contributed by atoms with E-state index in [-0.39, 0.29) is 0 Å². The molecule has 0 spiro atoms. The van der Waals surface area contributed by atoms with E-state index >= 15 is 0 Å². The summed E-state index contributed by atoms with van der Waals surface area (Å²) in [6.07, 6.45) is 0.549. The molecule has 4 aromatic rings. The Morgan fingerprint density at radius 1 is 1.03 bits per heavy atom. The summed E-state index contributed by atoms with van der Waals surface area (Å²) >= 11 is 1.33. The van der Waals surface area contributed by atoms with Crippen molar-refractivity contribution in [1.29, 1.82) is 0 Å². The fourth-order valence-corrected chi connectivity index (χ4v) is 3.60. The molecule has 5 rings (SSSR count). The molecule has 9 heteroatoms. The zero-order valence-corrected chi connectivity index (χ0v) is 17.0. The third-order valence-corrected chi connectivity index (χ3v) is 5.42. The molecule has 0 radical (unpaired) electrons. The van der Waals surface area contributed by atoms with Gasteiger partial charge in [-0.3, -0.25) is 0 Å². The lowest BCUT2D eigenvalue weighted by Crippen LogP contribution is -2.21. The highest BCUT2D eigenvalue weighted by Crippen LogP contribution is 2.36. The number of thioether (sulfide) groups is 1. The number of nitrogens with zero attached hydrogens (tertiary/aromatic N) is 4. The van der Waals surface area contributed by atoms with Gasteiger partial charge in [-0.25, -0.2) is 0 Å². The first-order valence-corrected chi connectivity index (χ1v) is 10.5. The lowest BCUT2D eigenvalue weighted by molar-refractivity contribution is 0.0686. The average Bonchev–Trinajstić information content (AvgIpc) is 3.47. The SMILES string of the molecule is CCc1ccc(-c2noc(CSc3nnc([C@@H]4COc5ccccc5O4)o3)n2)cc1. The molecule has 152 valence electrons. The van der Waals surface area contributed by atoms with Crippen molar-refractivity contribution in [3.63, 3.8) is 0 Å². The highest BCUT2D eigenvalue weighted by Gasteiger charge is 2.27. The molecule has 30 heavy (non-hydrogen) atoms. The van der Waals surface area contributed by atoms with E-state index in [9.17, 15) is 0 Å². The topological polar surface area (TPSA) is 96.3 Å². The quantitative estimate of drug-likeness (QED) is 0.416. The maximum absolute atomic E-state index is 5.89. The van der Waals surface area contributed by atoms with Crippen LogP contribution in [0, 0.1) is 0 Å². The van der Waals surface area contributed by atoms with Crippen LogP contribution in [0.25, 0.3) is 11.4 Å². The van der Waals surface area contributed by atoms with Crippen molar-refractivity contribution >= 4 is 11.8 Å². The Hall–Kier alpha value is -3.33. The van der Waals surface area contributed by atoms with Crippen LogP contribution in [0.4, 0.5) is 0 Å². The summed E-state index contributed by atoms with van der Waals surface area (Å²) < 4.78 is 22.7. The molecule has 0 amide bonds. The lowest BCUT2D eigenvalue weighted by Gasteiger charge is -2.23. The van der Waals surface area contributed by atoms with Crippen LogP contribution in [0.15, 0.2) is 62.7 Å². The monoisotopic (exact) mass is 422 g/mol. The van der Waals surface area contributed by atoms with Gasteiger partial charge in [-0.05, 0) is 24.1 Å². The Morgan fingerprint density at radius 3 is 2.70 bits per heavy atom. The first-order chi connectivity index (χ1) is 14.8. The molecule has 2 aromatic carbocycles. The first kappa shape index (κ1) is 18.7. The molecule has 0 unspecified atom stereocenters. The van der Waals surface area contributed by atoms with Gasteiger partial charge in [-0.15, -0.1) is 10.2 Å². The minimum Gasteiger partial charge on any atom is -0.485 e. The van der Waals surface area contributed by atoms with E-state index in [0.29, 0.717) is 46.7 Å². The molecule has 1 aliphatic heterocycles. The molecule has 1 atom stereocenters. The number of rotatable bonds is 6. The number of fused-ring (bicyclic) bond motifs is 1. The van der Waals surface area contributed by atoms with Crippen LogP contribution in [-0.2, 0) is 12.2 Å². The largest absolute Gasteiger partial charge is 0.485 e. The van der Waals surface area contributed by atoms with Gasteiger partial charge in [-0.1, -0.05) is 60.2 Å². The molecule has 3 heterocycles. The van der Waals surface area contributed by atoms with Gasteiger partial charge in [0.2, 0.25) is 17.8 Å². The number of aromatic nitrogens is 4. The summed E-state index contributed by atoms with van der Waals surface area (Å²) in [7, 11) is 0. The second-order valence-corrected chi connectivity index (χ2v) is 7.55. The molecule has 0 aliphatic carbocycles. The van der Waals surface area contributed by atoms with Crippen molar-refractivity contribution in [2.75, 3.05) is 6.61 Å². The van der Waals surface area contributed by atoms with Gasteiger partial charge in [0.1, 0.15) is 6.61 Å². The molecule has 0 fully saturated rings. The molecule has 2 aromatic heterocycles. The predicted octanol–water partition coefficient (Wildman–Crippen LogP) is 4.49. The van der Waals surface area contributed by atoms with Crippen molar-refractivity contribution in [2.24, 2.45) is 0 Å². The summed E-state index contributed by atoms with van der Waals surface area (Å²) in [5, 5.41) is 12.6. The van der Waals surface area contributed by atoms with Crippen LogP contribution >= 0.6 is 11.8 Å². The highest BCUT2D eigenvalue weighted by molar-refractivity contribution is 7.98. The summed E-state index contributed by atoms with van der Waals surface area (Å²) in [5.41, 5.74) is 2.18. The van der Waals surface area contributed by atoms with E-state index in [1.165, 1.54) is 17.3 Å². The van der Waals surface area contributed by atoms with Crippen LogP contribution < -0.4 is 9.47 Å². The molecule has 0 saturated heterocycles. The van der Waals surface area contributed by atoms with Crippen molar-refractivity contribution in [3.8, 4) is 22.9 Å². The average molecular weight is 422 g/mol. The van der Waals surface area contributed by atoms with Crippen molar-refractivity contribution < 1.29 is 18.4 Å². The standard InChI is InChI=1S/C21H18N4O4S/c1-2-13-7-9-14(10-8-13)19-22-18(29-25-19)12-30-21-24-23-20(28-21)17-11-26-15-5-3-4-6-16(15)27-17/h3-10,17H,2,11-12H2,1H3/t17-/m0/s1. The number of para-hydroxylation sites is 2. The van der Waals surface area contributed by atoms with E-state index < -0.39 is 6.10 Å². The third-order valence-electron chi connectivity index (χ3n) is 4.61. The Bertz CT molecular complexity index is 1140. The predicted molar refractivity (Wildman–Crippen MR) is 108 cm³/mol. The zero-order valence-electron chi connectivity index (χ0n) is 16.1. The van der Waals surface area contributed by atoms with Crippen LogP contribution in [0.5, 0.6) is 11.5 Å². The van der Waals surface area contributed by atoms with Gasteiger partial charge in [0.15, 0.2) is 11.5 Å². The number of benzene rings is 2. The normalized spacial score (nSPS) is 15.3. The summed E-state index contributed by atoms with van der Waals surface area (Å²) in [6, 6.07) is 15.6. The van der Waals surface area contributed by atoms with E-state index in [0.717, 1.165) is 12.0 Å². The second-order valence-electron chi connectivity index (χ2n) is 6.62. The molecule has 8 nitrogen and oxygen atoms in total. The minimum atomic E-state index is -0.442. The number of hydrogen-bond donors (Lipinski definition) is 0. The van der Waals surface area contributed by atoms with E-state index in [1.54, 1.807) is 0 Å². The molecule has 0 bridgehead atoms. The fourth-order valence-electron chi connectivity index (χ4n) is 2.99. The van der Waals surface area contributed by atoms with E-state index in [1.807, 2.05) is 36.4 Å². The van der Waals surface area contributed by atoms with Crippen LogP contribution in [0.3, 0.4) is 0 Å². The highest BCUT2D eigenvalue weighted by atomic mass is 32.2. The fraction of sp³-hybridized carbons (Fsp3) is 0.238. The Kier molecular flexibility index (Phi) is 5.10. The number of hydrogen-bond acceptors (Lipinski definition) is 9. The van der Waals surface area contributed by atoms with Crippen LogP contribution in [-0.4, -0.2) is 26.9 Å². The van der Waals surface area contributed by atoms with Gasteiger partial charge in [-0.2, -0.15) is 4.98 Å². The maximum atomic E-state index is 5.89. The molecule has 0 N–H and O–H groups in total. The summed E-state index contributed by atoms with van der Waals surface area (Å²) in [6.45, 7) is 2.43. The van der Waals surface area contributed by atoms with Gasteiger partial charge in [0.25, 0.3) is 11.1 Å². The molecular weight excluding hydrogens is 404 g/mol. The maximum Gasteiger partial charge on any atom is 0.277 e. The van der Waals surface area contributed by atoms with Crippen molar-refractivity contribution in [1.82, 2.24) is 20.3 Å². The second kappa shape index (κ2) is 8.19. The zero-order chi connectivity index (χ0) is 20.3. The number of ether oxygens (including phenoxy) is 2. The Labute approximate surface area is 176 Å². The van der Waals surface area contributed by atoms with E-state index in [2.05, 4.69) is 39.4 Å². The van der Waals surface area contributed by atoms with Crippen LogP contribution in [0.1, 0.15) is 30.4 Å². The number of aryl methyl sites for hydroxylation is 1. The lowest BCUT2D eigenvalue weighted by atomic mass is 10.1. The summed E-state index contributed by atoms with van der Waals surface area (Å²) in [5.74, 6) is 3.21. The van der Waals surface area contributed by atoms with Crippen molar-refractivity contribution in [2.45, 2.75) is 30.4 Å². The Balaban J connectivity index is 1.21.